The normalized spacial score (nSPS) is 19.9. The first kappa shape index (κ1) is 10.9. The minimum Gasteiger partial charge on any atom is -0.337 e. The van der Waals surface area contributed by atoms with Gasteiger partial charge in [0.15, 0.2) is 0 Å². The molecule has 1 atom stereocenters. The van der Waals surface area contributed by atoms with E-state index in [0.29, 0.717) is 17.3 Å². The second-order valence-corrected chi connectivity index (χ2v) is 4.22. The van der Waals surface area contributed by atoms with E-state index in [1.165, 1.54) is 0 Å². The standard InChI is InChI=1S/C11H16N4O/c1-8-4-5-15(7-8)11(16)10-3-2-9(14-12)6-13-10/h2-3,6,8,14H,4-5,7,12H2,1H3. The zero-order valence-corrected chi connectivity index (χ0v) is 9.31. The smallest absolute Gasteiger partial charge is 0.272 e. The molecule has 16 heavy (non-hydrogen) atoms. The Kier molecular flexibility index (Phi) is 3.05. The van der Waals surface area contributed by atoms with Crippen molar-refractivity contribution in [1.82, 2.24) is 9.88 Å². The van der Waals surface area contributed by atoms with Gasteiger partial charge in [0.2, 0.25) is 0 Å². The average Bonchev–Trinajstić information content (AvgIpc) is 2.75. The van der Waals surface area contributed by atoms with E-state index in [-0.39, 0.29) is 5.91 Å². The van der Waals surface area contributed by atoms with Crippen molar-refractivity contribution in [2.75, 3.05) is 18.5 Å². The summed E-state index contributed by atoms with van der Waals surface area (Å²) in [6.45, 7) is 3.82. The second kappa shape index (κ2) is 4.49. The Morgan fingerprint density at radius 3 is 2.94 bits per heavy atom. The number of pyridine rings is 1. The molecular weight excluding hydrogens is 204 g/mol. The van der Waals surface area contributed by atoms with E-state index >= 15 is 0 Å². The van der Waals surface area contributed by atoms with Crippen LogP contribution in [0.5, 0.6) is 0 Å². The number of carbonyl (C=O) groups is 1. The van der Waals surface area contributed by atoms with Crippen LogP contribution in [-0.2, 0) is 0 Å². The molecule has 2 rings (SSSR count). The Morgan fingerprint density at radius 2 is 2.44 bits per heavy atom. The summed E-state index contributed by atoms with van der Waals surface area (Å²) >= 11 is 0. The first-order valence-corrected chi connectivity index (χ1v) is 5.42. The van der Waals surface area contributed by atoms with Gasteiger partial charge in [-0.3, -0.25) is 10.6 Å². The Balaban J connectivity index is 2.08. The lowest BCUT2D eigenvalue weighted by atomic mass is 10.2. The zero-order valence-electron chi connectivity index (χ0n) is 9.31. The van der Waals surface area contributed by atoms with Crippen molar-refractivity contribution in [1.29, 1.82) is 0 Å². The minimum absolute atomic E-state index is 0.00733. The first-order valence-electron chi connectivity index (χ1n) is 5.42. The van der Waals surface area contributed by atoms with Gasteiger partial charge in [0.05, 0.1) is 11.9 Å². The summed E-state index contributed by atoms with van der Waals surface area (Å²) in [5.74, 6) is 5.83. The molecule has 1 unspecified atom stereocenters. The predicted molar refractivity (Wildman–Crippen MR) is 61.7 cm³/mol. The molecule has 0 radical (unpaired) electrons. The molecule has 1 aliphatic heterocycles. The zero-order chi connectivity index (χ0) is 11.5. The monoisotopic (exact) mass is 220 g/mol. The molecule has 5 nitrogen and oxygen atoms in total. The SMILES string of the molecule is CC1CCN(C(=O)c2ccc(NN)cn2)C1. The number of nitrogen functional groups attached to an aromatic ring is 1. The number of likely N-dealkylation sites (tertiary alicyclic amines) is 1. The summed E-state index contributed by atoms with van der Waals surface area (Å²) in [6, 6.07) is 3.44. The van der Waals surface area contributed by atoms with Gasteiger partial charge in [0.1, 0.15) is 5.69 Å². The summed E-state index contributed by atoms with van der Waals surface area (Å²) in [5, 5.41) is 0. The maximum Gasteiger partial charge on any atom is 0.272 e. The molecule has 0 spiro atoms. The number of nitrogens with two attached hydrogens (primary N) is 1. The number of nitrogens with one attached hydrogen (secondary N) is 1. The fraction of sp³-hybridized carbons (Fsp3) is 0.455. The molecule has 0 saturated carbocycles. The van der Waals surface area contributed by atoms with E-state index < -0.39 is 0 Å². The van der Waals surface area contributed by atoms with Crippen molar-refractivity contribution in [2.45, 2.75) is 13.3 Å². The fourth-order valence-corrected chi connectivity index (χ4v) is 1.89. The van der Waals surface area contributed by atoms with Crippen molar-refractivity contribution < 1.29 is 4.79 Å². The number of hydrazine groups is 1. The summed E-state index contributed by atoms with van der Waals surface area (Å²) in [5.41, 5.74) is 3.66. The van der Waals surface area contributed by atoms with E-state index in [1.807, 2.05) is 4.90 Å². The van der Waals surface area contributed by atoms with E-state index in [4.69, 9.17) is 5.84 Å². The quantitative estimate of drug-likeness (QED) is 0.572. The largest absolute Gasteiger partial charge is 0.337 e. The highest BCUT2D eigenvalue weighted by Crippen LogP contribution is 2.17. The molecule has 3 N–H and O–H groups in total. The molecule has 1 aliphatic rings. The van der Waals surface area contributed by atoms with Crippen LogP contribution in [0.2, 0.25) is 0 Å². The Labute approximate surface area is 94.6 Å². The molecule has 0 aromatic carbocycles. The van der Waals surface area contributed by atoms with E-state index in [9.17, 15) is 4.79 Å². The van der Waals surface area contributed by atoms with Crippen LogP contribution in [0.3, 0.4) is 0 Å². The molecule has 1 aromatic heterocycles. The third-order valence-corrected chi connectivity index (χ3v) is 2.86. The van der Waals surface area contributed by atoms with E-state index in [1.54, 1.807) is 18.3 Å². The van der Waals surface area contributed by atoms with Crippen LogP contribution in [-0.4, -0.2) is 28.9 Å². The van der Waals surface area contributed by atoms with Gasteiger partial charge in [-0.25, -0.2) is 4.98 Å². The molecule has 1 saturated heterocycles. The van der Waals surface area contributed by atoms with Crippen LogP contribution in [0, 0.1) is 5.92 Å². The Hall–Kier alpha value is -1.62. The molecule has 1 fully saturated rings. The lowest BCUT2D eigenvalue weighted by molar-refractivity contribution is 0.0782. The molecule has 1 aromatic rings. The fourth-order valence-electron chi connectivity index (χ4n) is 1.89. The van der Waals surface area contributed by atoms with Gasteiger partial charge < -0.3 is 10.3 Å². The number of rotatable bonds is 2. The number of amides is 1. The Bertz CT molecular complexity index is 376. The number of anilines is 1. The van der Waals surface area contributed by atoms with Crippen molar-refractivity contribution in [2.24, 2.45) is 11.8 Å². The van der Waals surface area contributed by atoms with Crippen LogP contribution in [0.15, 0.2) is 18.3 Å². The molecule has 1 amide bonds. The molecule has 86 valence electrons. The van der Waals surface area contributed by atoms with Crippen LogP contribution in [0.4, 0.5) is 5.69 Å². The average molecular weight is 220 g/mol. The molecule has 2 heterocycles. The summed E-state index contributed by atoms with van der Waals surface area (Å²) < 4.78 is 0. The summed E-state index contributed by atoms with van der Waals surface area (Å²) in [6.07, 6.45) is 2.64. The summed E-state index contributed by atoms with van der Waals surface area (Å²) in [7, 11) is 0. The number of nitrogens with zero attached hydrogens (tertiary/aromatic N) is 2. The number of aromatic nitrogens is 1. The van der Waals surface area contributed by atoms with Crippen LogP contribution >= 0.6 is 0 Å². The van der Waals surface area contributed by atoms with Crippen molar-refractivity contribution in [3.05, 3.63) is 24.0 Å². The van der Waals surface area contributed by atoms with Gasteiger partial charge >= 0.3 is 0 Å². The maximum absolute atomic E-state index is 12.0. The second-order valence-electron chi connectivity index (χ2n) is 4.22. The van der Waals surface area contributed by atoms with Crippen molar-refractivity contribution >= 4 is 11.6 Å². The number of hydrogen-bond acceptors (Lipinski definition) is 4. The third-order valence-electron chi connectivity index (χ3n) is 2.86. The molecule has 0 bridgehead atoms. The number of hydrogen-bond donors (Lipinski definition) is 2. The molecule has 0 aliphatic carbocycles. The van der Waals surface area contributed by atoms with Gasteiger partial charge in [-0.05, 0) is 24.5 Å². The van der Waals surface area contributed by atoms with Gasteiger partial charge in [-0.15, -0.1) is 0 Å². The van der Waals surface area contributed by atoms with Crippen molar-refractivity contribution in [3.63, 3.8) is 0 Å². The lowest BCUT2D eigenvalue weighted by Crippen LogP contribution is -2.29. The van der Waals surface area contributed by atoms with E-state index in [0.717, 1.165) is 19.5 Å². The topological polar surface area (TPSA) is 71.2 Å². The maximum atomic E-state index is 12.0. The van der Waals surface area contributed by atoms with Crippen LogP contribution in [0.1, 0.15) is 23.8 Å². The van der Waals surface area contributed by atoms with Crippen molar-refractivity contribution in [3.8, 4) is 0 Å². The predicted octanol–water partition coefficient (Wildman–Crippen LogP) is 0.849. The van der Waals surface area contributed by atoms with Crippen LogP contribution in [0.25, 0.3) is 0 Å². The molecular formula is C11H16N4O. The lowest BCUT2D eigenvalue weighted by Gasteiger charge is -2.15. The summed E-state index contributed by atoms with van der Waals surface area (Å²) in [4.78, 5) is 17.9. The highest BCUT2D eigenvalue weighted by atomic mass is 16.2. The van der Waals surface area contributed by atoms with Gasteiger partial charge in [0.25, 0.3) is 5.91 Å². The van der Waals surface area contributed by atoms with Gasteiger partial charge in [-0.2, -0.15) is 0 Å². The van der Waals surface area contributed by atoms with E-state index in [2.05, 4.69) is 17.3 Å². The van der Waals surface area contributed by atoms with Gasteiger partial charge in [0, 0.05) is 13.1 Å². The number of carbonyl (C=O) groups excluding carboxylic acids is 1. The molecule has 5 heteroatoms. The minimum atomic E-state index is 0.00733. The van der Waals surface area contributed by atoms with Gasteiger partial charge in [-0.1, -0.05) is 6.92 Å². The third kappa shape index (κ3) is 2.14. The highest BCUT2D eigenvalue weighted by Gasteiger charge is 2.24. The Morgan fingerprint density at radius 1 is 1.62 bits per heavy atom. The van der Waals surface area contributed by atoms with Crippen LogP contribution < -0.4 is 11.3 Å². The highest BCUT2D eigenvalue weighted by molar-refractivity contribution is 5.92. The first-order chi connectivity index (χ1) is 7.70.